The lowest BCUT2D eigenvalue weighted by molar-refractivity contribution is -0.132. The van der Waals surface area contributed by atoms with Crippen LogP contribution >= 0.6 is 15.9 Å². The molecule has 2 aromatic rings. The van der Waals surface area contributed by atoms with Gasteiger partial charge in [-0.15, -0.1) is 0 Å². The summed E-state index contributed by atoms with van der Waals surface area (Å²) in [6, 6.07) is 12.7. The van der Waals surface area contributed by atoms with Crippen molar-refractivity contribution >= 4 is 33.4 Å². The van der Waals surface area contributed by atoms with Gasteiger partial charge in [-0.25, -0.2) is 0 Å². The van der Waals surface area contributed by atoms with Crippen LogP contribution in [0, 0.1) is 0 Å². The zero-order valence-electron chi connectivity index (χ0n) is 14.3. The first-order valence-electron chi connectivity index (χ1n) is 8.20. The molecule has 1 aliphatic rings. The third kappa shape index (κ3) is 4.54. The number of rotatable bonds is 5. The number of nitrogens with zero attached hydrogens (tertiary/aromatic N) is 1. The van der Waals surface area contributed by atoms with Gasteiger partial charge in [0.25, 0.3) is 0 Å². The van der Waals surface area contributed by atoms with Crippen LogP contribution in [-0.2, 0) is 16.0 Å². The summed E-state index contributed by atoms with van der Waals surface area (Å²) in [6.45, 7) is 0.981. The lowest BCUT2D eigenvalue weighted by Crippen LogP contribution is -2.35. The molecule has 6 nitrogen and oxygen atoms in total. The van der Waals surface area contributed by atoms with E-state index in [0.717, 1.165) is 10.0 Å². The Bertz CT molecular complexity index is 811. The summed E-state index contributed by atoms with van der Waals surface area (Å²) >= 11 is 3.46. The highest BCUT2D eigenvalue weighted by Crippen LogP contribution is 2.35. The number of para-hydroxylation sites is 1. The van der Waals surface area contributed by atoms with Crippen LogP contribution in [0.2, 0.25) is 0 Å². The number of carbonyl (C=O) groups excluding carboxylic acids is 2. The van der Waals surface area contributed by atoms with Crippen LogP contribution in [0.1, 0.15) is 5.56 Å². The highest BCUT2D eigenvalue weighted by molar-refractivity contribution is 9.10. The molecule has 0 saturated heterocycles. The quantitative estimate of drug-likeness (QED) is 0.810. The van der Waals surface area contributed by atoms with Crippen molar-refractivity contribution in [1.82, 2.24) is 4.90 Å². The topological polar surface area (TPSA) is 67.9 Å². The number of nitrogens with one attached hydrogen (secondary N) is 1. The molecule has 0 radical (unpaired) electrons. The first kappa shape index (κ1) is 18.3. The molecule has 26 heavy (non-hydrogen) atoms. The minimum atomic E-state index is -0.242. The number of carbonyl (C=O) groups is 2. The van der Waals surface area contributed by atoms with Gasteiger partial charge < -0.3 is 19.7 Å². The van der Waals surface area contributed by atoms with Crippen LogP contribution in [0.3, 0.4) is 0 Å². The number of likely N-dealkylation sites (N-methyl/N-ethyl adjacent to an activating group) is 1. The van der Waals surface area contributed by atoms with Gasteiger partial charge in [0.2, 0.25) is 11.8 Å². The van der Waals surface area contributed by atoms with E-state index in [0.29, 0.717) is 30.4 Å². The fourth-order valence-corrected chi connectivity index (χ4v) is 3.03. The van der Waals surface area contributed by atoms with Crippen molar-refractivity contribution in [2.45, 2.75) is 6.42 Å². The van der Waals surface area contributed by atoms with Crippen LogP contribution < -0.4 is 14.8 Å². The Morgan fingerprint density at radius 1 is 1.12 bits per heavy atom. The van der Waals surface area contributed by atoms with Crippen molar-refractivity contribution in [3.63, 3.8) is 0 Å². The maximum Gasteiger partial charge on any atom is 0.243 e. The lowest BCUT2D eigenvalue weighted by Gasteiger charge is -2.21. The summed E-state index contributed by atoms with van der Waals surface area (Å²) in [7, 11) is 1.61. The van der Waals surface area contributed by atoms with E-state index in [1.165, 1.54) is 4.90 Å². The summed E-state index contributed by atoms with van der Waals surface area (Å²) in [5.41, 5.74) is 1.49. The van der Waals surface area contributed by atoms with Crippen LogP contribution in [0.15, 0.2) is 46.9 Å². The molecule has 0 spiro atoms. The smallest absolute Gasteiger partial charge is 0.243 e. The van der Waals surface area contributed by atoms with Crippen molar-refractivity contribution in [3.8, 4) is 11.5 Å². The van der Waals surface area contributed by atoms with E-state index in [9.17, 15) is 9.59 Å². The zero-order valence-corrected chi connectivity index (χ0v) is 15.9. The van der Waals surface area contributed by atoms with E-state index in [2.05, 4.69) is 21.2 Å². The minimum Gasteiger partial charge on any atom is -0.486 e. The molecule has 0 unspecified atom stereocenters. The Morgan fingerprint density at radius 3 is 2.46 bits per heavy atom. The predicted octanol–water partition coefficient (Wildman–Crippen LogP) is 2.86. The Morgan fingerprint density at radius 2 is 1.77 bits per heavy atom. The monoisotopic (exact) mass is 418 g/mol. The molecule has 2 aromatic carbocycles. The summed E-state index contributed by atoms with van der Waals surface area (Å²) in [5, 5.41) is 2.77. The third-order valence-electron chi connectivity index (χ3n) is 3.92. The van der Waals surface area contributed by atoms with Crippen molar-refractivity contribution < 1.29 is 19.1 Å². The van der Waals surface area contributed by atoms with E-state index in [1.807, 2.05) is 18.2 Å². The molecule has 0 aromatic heterocycles. The van der Waals surface area contributed by atoms with E-state index < -0.39 is 0 Å². The second kappa shape index (κ2) is 8.23. The van der Waals surface area contributed by atoms with E-state index in [1.54, 1.807) is 31.3 Å². The summed E-state index contributed by atoms with van der Waals surface area (Å²) in [5.74, 6) is 0.889. The molecule has 0 saturated carbocycles. The Hall–Kier alpha value is -2.54. The van der Waals surface area contributed by atoms with E-state index in [4.69, 9.17) is 9.47 Å². The van der Waals surface area contributed by atoms with Gasteiger partial charge in [0.15, 0.2) is 11.5 Å². The number of fused-ring (bicyclic) bond motifs is 1. The average Bonchev–Trinajstić information content (AvgIpc) is 2.63. The molecule has 0 aliphatic carbocycles. The van der Waals surface area contributed by atoms with Crippen molar-refractivity contribution in [1.29, 1.82) is 0 Å². The van der Waals surface area contributed by atoms with Gasteiger partial charge in [0.05, 0.1) is 13.0 Å². The molecule has 0 fully saturated rings. The van der Waals surface area contributed by atoms with Crippen molar-refractivity contribution in [2.75, 3.05) is 32.1 Å². The second-order valence-corrected chi connectivity index (χ2v) is 6.78. The molecule has 3 rings (SSSR count). The Labute approximate surface area is 160 Å². The van der Waals surface area contributed by atoms with Gasteiger partial charge in [-0.05, 0) is 29.8 Å². The van der Waals surface area contributed by atoms with Gasteiger partial charge in [-0.1, -0.05) is 34.1 Å². The molecule has 7 heteroatoms. The summed E-state index contributed by atoms with van der Waals surface area (Å²) < 4.78 is 11.9. The Kier molecular flexibility index (Phi) is 5.78. The average molecular weight is 419 g/mol. The number of ether oxygens (including phenoxy) is 2. The second-order valence-electron chi connectivity index (χ2n) is 5.93. The highest BCUT2D eigenvalue weighted by Gasteiger charge is 2.19. The van der Waals surface area contributed by atoms with Gasteiger partial charge in [-0.3, -0.25) is 9.59 Å². The first-order chi connectivity index (χ1) is 12.5. The summed E-state index contributed by atoms with van der Waals surface area (Å²) in [4.78, 5) is 26.0. The zero-order chi connectivity index (χ0) is 18.5. The standard InChI is InChI=1S/C19H19BrN2O4/c1-22(12-18(23)21-14-5-3-2-4-6-14)19(24)10-13-9-16-17(11-15(13)20)26-8-7-25-16/h2-6,9,11H,7-8,10,12H2,1H3,(H,21,23). The maximum atomic E-state index is 12.5. The predicted molar refractivity (Wildman–Crippen MR) is 102 cm³/mol. The molecule has 136 valence electrons. The number of hydrogen-bond donors (Lipinski definition) is 1. The number of halogens is 1. The third-order valence-corrected chi connectivity index (χ3v) is 4.66. The van der Waals surface area contributed by atoms with Crippen molar-refractivity contribution in [2.24, 2.45) is 0 Å². The van der Waals surface area contributed by atoms with E-state index in [-0.39, 0.29) is 24.8 Å². The molecular formula is C19H19BrN2O4. The van der Waals surface area contributed by atoms with E-state index >= 15 is 0 Å². The fraction of sp³-hybridized carbons (Fsp3) is 0.263. The highest BCUT2D eigenvalue weighted by atomic mass is 79.9. The number of anilines is 1. The van der Waals surface area contributed by atoms with Gasteiger partial charge in [0.1, 0.15) is 13.2 Å². The molecule has 0 atom stereocenters. The molecular weight excluding hydrogens is 400 g/mol. The SMILES string of the molecule is CN(CC(=O)Nc1ccccc1)C(=O)Cc1cc2c(cc1Br)OCCO2. The fourth-order valence-electron chi connectivity index (χ4n) is 2.57. The number of amides is 2. The van der Waals surface area contributed by atoms with Crippen LogP contribution in [0.4, 0.5) is 5.69 Å². The van der Waals surface area contributed by atoms with Gasteiger partial charge >= 0.3 is 0 Å². The largest absolute Gasteiger partial charge is 0.486 e. The van der Waals surface area contributed by atoms with Crippen LogP contribution in [0.25, 0.3) is 0 Å². The normalized spacial score (nSPS) is 12.4. The maximum absolute atomic E-state index is 12.5. The number of hydrogen-bond acceptors (Lipinski definition) is 4. The minimum absolute atomic E-state index is 0.0180. The lowest BCUT2D eigenvalue weighted by atomic mass is 10.1. The molecule has 1 aliphatic heterocycles. The molecule has 1 heterocycles. The van der Waals surface area contributed by atoms with Crippen LogP contribution in [0.5, 0.6) is 11.5 Å². The molecule has 2 amide bonds. The molecule has 0 bridgehead atoms. The van der Waals surface area contributed by atoms with Gasteiger partial charge in [-0.2, -0.15) is 0 Å². The van der Waals surface area contributed by atoms with Gasteiger partial charge in [0, 0.05) is 17.2 Å². The van der Waals surface area contributed by atoms with Crippen LogP contribution in [-0.4, -0.2) is 43.5 Å². The number of benzene rings is 2. The Balaban J connectivity index is 1.60. The van der Waals surface area contributed by atoms with Crippen molar-refractivity contribution in [3.05, 3.63) is 52.5 Å². The summed E-state index contributed by atoms with van der Waals surface area (Å²) in [6.07, 6.45) is 0.159. The first-order valence-corrected chi connectivity index (χ1v) is 8.99. The molecule has 1 N–H and O–H groups in total.